The van der Waals surface area contributed by atoms with Gasteiger partial charge in [-0.2, -0.15) is 0 Å². The van der Waals surface area contributed by atoms with Gasteiger partial charge in [-0.3, -0.25) is 0 Å². The van der Waals surface area contributed by atoms with E-state index >= 15 is 0 Å². The first-order valence-electron chi connectivity index (χ1n) is 6.96. The third-order valence-corrected chi connectivity index (χ3v) is 4.12. The lowest BCUT2D eigenvalue weighted by Crippen LogP contribution is -2.47. The van der Waals surface area contributed by atoms with Gasteiger partial charge in [0.25, 0.3) is 0 Å². The van der Waals surface area contributed by atoms with Crippen LogP contribution < -0.4 is 0 Å². The molecule has 2 unspecified atom stereocenters. The summed E-state index contributed by atoms with van der Waals surface area (Å²) in [5, 5.41) is 12.2. The SMILES string of the molecule is O=C(OCc1ccccc1)N1C2CCC1CC(=NO)C2. The highest BCUT2D eigenvalue weighted by atomic mass is 16.6. The molecule has 2 saturated heterocycles. The summed E-state index contributed by atoms with van der Waals surface area (Å²) >= 11 is 0. The molecule has 3 rings (SSSR count). The third kappa shape index (κ3) is 2.48. The Kier molecular flexibility index (Phi) is 3.58. The van der Waals surface area contributed by atoms with E-state index in [0.717, 1.165) is 24.1 Å². The fraction of sp³-hybridized carbons (Fsp3) is 0.467. The van der Waals surface area contributed by atoms with Crippen LogP contribution in [0.2, 0.25) is 0 Å². The Hall–Kier alpha value is -2.04. The van der Waals surface area contributed by atoms with Gasteiger partial charge in [0.2, 0.25) is 0 Å². The minimum Gasteiger partial charge on any atom is -0.445 e. The Bertz CT molecular complexity index is 499. The van der Waals surface area contributed by atoms with E-state index in [1.165, 1.54) is 0 Å². The molecule has 0 spiro atoms. The van der Waals surface area contributed by atoms with Crippen molar-refractivity contribution in [2.24, 2.45) is 5.16 Å². The Morgan fingerprint density at radius 2 is 1.90 bits per heavy atom. The summed E-state index contributed by atoms with van der Waals surface area (Å²) in [6, 6.07) is 9.93. The van der Waals surface area contributed by atoms with Crippen LogP contribution in [0.15, 0.2) is 35.5 Å². The summed E-state index contributed by atoms with van der Waals surface area (Å²) in [5.74, 6) is 0. The molecule has 1 aromatic carbocycles. The highest BCUT2D eigenvalue weighted by Gasteiger charge is 2.43. The molecule has 20 heavy (non-hydrogen) atoms. The average Bonchev–Trinajstić information content (AvgIpc) is 2.76. The number of rotatable bonds is 2. The lowest BCUT2D eigenvalue weighted by atomic mass is 10.0. The summed E-state index contributed by atoms with van der Waals surface area (Å²) < 4.78 is 5.40. The van der Waals surface area contributed by atoms with E-state index in [9.17, 15) is 4.79 Å². The standard InChI is InChI=1S/C15H18N2O3/c18-15(20-10-11-4-2-1-3-5-11)17-13-6-7-14(17)9-12(8-13)16-19/h1-5,13-14,19H,6-10H2. The monoisotopic (exact) mass is 274 g/mol. The van der Waals surface area contributed by atoms with Crippen molar-refractivity contribution in [3.63, 3.8) is 0 Å². The molecule has 2 fully saturated rings. The topological polar surface area (TPSA) is 62.1 Å². The van der Waals surface area contributed by atoms with Crippen molar-refractivity contribution in [3.8, 4) is 0 Å². The maximum absolute atomic E-state index is 12.2. The van der Waals surface area contributed by atoms with Crippen molar-refractivity contribution >= 4 is 11.8 Å². The van der Waals surface area contributed by atoms with Gasteiger partial charge < -0.3 is 14.8 Å². The van der Waals surface area contributed by atoms with E-state index < -0.39 is 0 Å². The number of carbonyl (C=O) groups is 1. The molecule has 2 aliphatic rings. The van der Waals surface area contributed by atoms with Crippen LogP contribution in [0, 0.1) is 0 Å². The number of hydrogen-bond acceptors (Lipinski definition) is 4. The zero-order chi connectivity index (χ0) is 13.9. The van der Waals surface area contributed by atoms with Crippen LogP contribution in [0.4, 0.5) is 4.79 Å². The lowest BCUT2D eigenvalue weighted by molar-refractivity contribution is 0.0760. The van der Waals surface area contributed by atoms with Crippen LogP contribution in [0.1, 0.15) is 31.2 Å². The van der Waals surface area contributed by atoms with Crippen molar-refractivity contribution in [1.82, 2.24) is 4.90 Å². The molecule has 1 amide bonds. The normalized spacial score (nSPS) is 24.6. The maximum Gasteiger partial charge on any atom is 0.410 e. The van der Waals surface area contributed by atoms with E-state index in [-0.39, 0.29) is 18.2 Å². The minimum absolute atomic E-state index is 0.128. The summed E-state index contributed by atoms with van der Waals surface area (Å²) in [7, 11) is 0. The largest absolute Gasteiger partial charge is 0.445 e. The predicted octanol–water partition coefficient (Wildman–Crippen LogP) is 2.78. The minimum atomic E-state index is -0.252. The van der Waals surface area contributed by atoms with Gasteiger partial charge in [-0.05, 0) is 18.4 Å². The molecule has 2 aliphatic heterocycles. The van der Waals surface area contributed by atoms with Crippen LogP contribution in [0.5, 0.6) is 0 Å². The number of nitrogens with zero attached hydrogens (tertiary/aromatic N) is 2. The first-order chi connectivity index (χ1) is 9.78. The number of benzene rings is 1. The fourth-order valence-corrected chi connectivity index (χ4v) is 3.16. The van der Waals surface area contributed by atoms with Crippen molar-refractivity contribution in [2.45, 2.75) is 44.4 Å². The van der Waals surface area contributed by atoms with Crippen LogP contribution in [-0.4, -0.2) is 34.0 Å². The van der Waals surface area contributed by atoms with Gasteiger partial charge in [0.15, 0.2) is 0 Å². The van der Waals surface area contributed by atoms with Gasteiger partial charge in [-0.15, -0.1) is 0 Å². The average molecular weight is 274 g/mol. The van der Waals surface area contributed by atoms with Crippen molar-refractivity contribution in [3.05, 3.63) is 35.9 Å². The van der Waals surface area contributed by atoms with E-state index in [2.05, 4.69) is 5.16 Å². The lowest BCUT2D eigenvalue weighted by Gasteiger charge is -2.34. The molecule has 0 aromatic heterocycles. The van der Waals surface area contributed by atoms with Gasteiger partial charge in [-0.1, -0.05) is 35.5 Å². The molecule has 0 radical (unpaired) electrons. The molecule has 2 atom stereocenters. The number of fused-ring (bicyclic) bond motifs is 2. The zero-order valence-electron chi connectivity index (χ0n) is 11.2. The van der Waals surface area contributed by atoms with Gasteiger partial charge in [-0.25, -0.2) is 4.79 Å². The quantitative estimate of drug-likeness (QED) is 0.666. The van der Waals surface area contributed by atoms with Gasteiger partial charge >= 0.3 is 6.09 Å². The van der Waals surface area contributed by atoms with Crippen LogP contribution in [0.25, 0.3) is 0 Å². The van der Waals surface area contributed by atoms with Gasteiger partial charge in [0, 0.05) is 24.9 Å². The summed E-state index contributed by atoms with van der Waals surface area (Å²) in [6.07, 6.45) is 2.99. The van der Waals surface area contributed by atoms with Crippen molar-refractivity contribution in [2.75, 3.05) is 0 Å². The summed E-state index contributed by atoms with van der Waals surface area (Å²) in [4.78, 5) is 14.1. The van der Waals surface area contributed by atoms with E-state index in [4.69, 9.17) is 9.94 Å². The molecule has 1 aromatic rings. The highest BCUT2D eigenvalue weighted by molar-refractivity contribution is 5.88. The molecule has 2 heterocycles. The Morgan fingerprint density at radius 3 is 2.50 bits per heavy atom. The van der Waals surface area contributed by atoms with E-state index in [0.29, 0.717) is 19.4 Å². The zero-order valence-corrected chi connectivity index (χ0v) is 11.2. The van der Waals surface area contributed by atoms with Crippen LogP contribution in [0.3, 0.4) is 0 Å². The Balaban J connectivity index is 1.61. The Morgan fingerprint density at radius 1 is 1.25 bits per heavy atom. The number of hydrogen-bond donors (Lipinski definition) is 1. The first-order valence-corrected chi connectivity index (χ1v) is 6.96. The first kappa shape index (κ1) is 13.0. The fourth-order valence-electron chi connectivity index (χ4n) is 3.16. The molecule has 0 saturated carbocycles. The van der Waals surface area contributed by atoms with Crippen molar-refractivity contribution in [1.29, 1.82) is 0 Å². The second-order valence-electron chi connectivity index (χ2n) is 5.41. The smallest absolute Gasteiger partial charge is 0.410 e. The summed E-state index contributed by atoms with van der Waals surface area (Å²) in [6.45, 7) is 0.302. The maximum atomic E-state index is 12.2. The molecule has 1 N–H and O–H groups in total. The molecule has 0 aliphatic carbocycles. The molecular weight excluding hydrogens is 256 g/mol. The number of amides is 1. The second kappa shape index (κ2) is 5.53. The molecular formula is C15H18N2O3. The van der Waals surface area contributed by atoms with E-state index in [1.54, 1.807) is 0 Å². The predicted molar refractivity (Wildman–Crippen MR) is 73.7 cm³/mol. The Labute approximate surface area is 117 Å². The van der Waals surface area contributed by atoms with Crippen molar-refractivity contribution < 1.29 is 14.7 Å². The van der Waals surface area contributed by atoms with Gasteiger partial charge in [0.05, 0.1) is 5.71 Å². The molecule has 5 nitrogen and oxygen atoms in total. The second-order valence-corrected chi connectivity index (χ2v) is 5.41. The number of oxime groups is 1. The number of piperidine rings is 1. The van der Waals surface area contributed by atoms with Gasteiger partial charge in [0.1, 0.15) is 6.61 Å². The molecule has 2 bridgehead atoms. The third-order valence-electron chi connectivity index (χ3n) is 4.12. The van der Waals surface area contributed by atoms with E-state index in [1.807, 2.05) is 35.2 Å². The number of ether oxygens (including phenoxy) is 1. The highest BCUT2D eigenvalue weighted by Crippen LogP contribution is 2.34. The molecule has 106 valence electrons. The number of carbonyl (C=O) groups excluding carboxylic acids is 1. The molecule has 5 heteroatoms. The summed E-state index contributed by atoms with van der Waals surface area (Å²) in [5.41, 5.74) is 1.78. The van der Waals surface area contributed by atoms with Crippen LogP contribution >= 0.6 is 0 Å². The van der Waals surface area contributed by atoms with Crippen LogP contribution in [-0.2, 0) is 11.3 Å².